The number of aliphatic hydroxyl groups excluding tert-OH is 1. The van der Waals surface area contributed by atoms with Gasteiger partial charge in [0.2, 0.25) is 0 Å². The first-order chi connectivity index (χ1) is 6.74. The molecule has 0 saturated heterocycles. The van der Waals surface area contributed by atoms with E-state index in [1.807, 2.05) is 6.08 Å². The third-order valence-corrected chi connectivity index (χ3v) is 7.68. The highest BCUT2D eigenvalue weighted by Crippen LogP contribution is 2.37. The first-order valence-corrected chi connectivity index (χ1v) is 8.55. The van der Waals surface area contributed by atoms with Crippen LogP contribution >= 0.6 is 0 Å². The zero-order valence-corrected chi connectivity index (χ0v) is 11.8. The first kappa shape index (κ1) is 14.9. The minimum atomic E-state index is -1.70. The van der Waals surface area contributed by atoms with Crippen molar-refractivity contribution in [3.8, 4) is 0 Å². The van der Waals surface area contributed by atoms with Crippen molar-refractivity contribution in [1.82, 2.24) is 0 Å². The fraction of sp³-hybridized carbons (Fsp3) is 0.833. The Morgan fingerprint density at radius 3 is 2.27 bits per heavy atom. The van der Waals surface area contributed by atoms with Crippen molar-refractivity contribution in [2.75, 3.05) is 6.61 Å². The normalized spacial score (nSPS) is 15.1. The van der Waals surface area contributed by atoms with E-state index < -0.39 is 8.32 Å². The number of hydrogen-bond acceptors (Lipinski definition) is 2. The Morgan fingerprint density at radius 2 is 1.93 bits per heavy atom. The van der Waals surface area contributed by atoms with Crippen molar-refractivity contribution >= 4 is 8.32 Å². The quantitative estimate of drug-likeness (QED) is 0.560. The topological polar surface area (TPSA) is 29.5 Å². The molecule has 3 heteroatoms. The van der Waals surface area contributed by atoms with E-state index in [0.717, 1.165) is 6.42 Å². The van der Waals surface area contributed by atoms with Crippen molar-refractivity contribution in [1.29, 1.82) is 0 Å². The van der Waals surface area contributed by atoms with Crippen LogP contribution in [0.1, 0.15) is 33.6 Å². The maximum Gasteiger partial charge on any atom is 0.192 e. The van der Waals surface area contributed by atoms with Crippen LogP contribution in [0.4, 0.5) is 0 Å². The Morgan fingerprint density at radius 1 is 1.40 bits per heavy atom. The summed E-state index contributed by atoms with van der Waals surface area (Å²) < 4.78 is 6.19. The maximum absolute atomic E-state index is 8.96. The van der Waals surface area contributed by atoms with Crippen molar-refractivity contribution in [3.63, 3.8) is 0 Å². The zero-order valence-electron chi connectivity index (χ0n) is 10.8. The minimum Gasteiger partial charge on any atom is -0.414 e. The number of rotatable bonds is 6. The molecule has 1 N–H and O–H groups in total. The van der Waals surface area contributed by atoms with E-state index in [-0.39, 0.29) is 17.7 Å². The second-order valence-corrected chi connectivity index (χ2v) is 10.3. The SMILES string of the molecule is C=CCC(CCO)O[Si](C)(C)C(C)(C)C. The van der Waals surface area contributed by atoms with Crippen LogP contribution in [0.2, 0.25) is 18.1 Å². The molecular weight excluding hydrogens is 204 g/mol. The summed E-state index contributed by atoms with van der Waals surface area (Å²) in [7, 11) is -1.70. The first-order valence-electron chi connectivity index (χ1n) is 5.64. The zero-order chi connectivity index (χ0) is 12.1. The van der Waals surface area contributed by atoms with Crippen molar-refractivity contribution in [3.05, 3.63) is 12.7 Å². The second-order valence-electron chi connectivity index (χ2n) is 5.54. The molecule has 0 fully saturated rings. The van der Waals surface area contributed by atoms with Crippen LogP contribution in [0.5, 0.6) is 0 Å². The molecule has 15 heavy (non-hydrogen) atoms. The van der Waals surface area contributed by atoms with Gasteiger partial charge in [0.15, 0.2) is 8.32 Å². The van der Waals surface area contributed by atoms with Crippen LogP contribution in [-0.2, 0) is 4.43 Å². The molecule has 0 saturated carbocycles. The molecule has 0 heterocycles. The second kappa shape index (κ2) is 5.82. The molecule has 0 rings (SSSR count). The standard InChI is InChI=1S/C12H26O2Si/c1-7-8-11(9-10-13)14-15(5,6)12(2,3)4/h7,11,13H,1,8-10H2,2-6H3. The average molecular weight is 230 g/mol. The van der Waals surface area contributed by atoms with Gasteiger partial charge in [-0.2, -0.15) is 0 Å². The monoisotopic (exact) mass is 230 g/mol. The molecule has 0 aromatic heterocycles. The van der Waals surface area contributed by atoms with Gasteiger partial charge in [-0.3, -0.25) is 0 Å². The third kappa shape index (κ3) is 4.95. The van der Waals surface area contributed by atoms with Gasteiger partial charge >= 0.3 is 0 Å². The molecule has 0 amide bonds. The molecule has 0 radical (unpaired) electrons. The smallest absolute Gasteiger partial charge is 0.192 e. The van der Waals surface area contributed by atoms with E-state index in [2.05, 4.69) is 40.4 Å². The predicted octanol–water partition coefficient (Wildman–Crippen LogP) is 3.34. The largest absolute Gasteiger partial charge is 0.414 e. The summed E-state index contributed by atoms with van der Waals surface area (Å²) in [5, 5.41) is 9.19. The van der Waals surface area contributed by atoms with Gasteiger partial charge in [-0.1, -0.05) is 26.8 Å². The molecule has 0 aliphatic rings. The molecule has 2 nitrogen and oxygen atoms in total. The maximum atomic E-state index is 8.96. The predicted molar refractivity (Wildman–Crippen MR) is 68.6 cm³/mol. The van der Waals surface area contributed by atoms with Gasteiger partial charge in [-0.15, -0.1) is 6.58 Å². The van der Waals surface area contributed by atoms with Gasteiger partial charge in [0.25, 0.3) is 0 Å². The summed E-state index contributed by atoms with van der Waals surface area (Å²) in [5.74, 6) is 0. The van der Waals surface area contributed by atoms with Gasteiger partial charge < -0.3 is 9.53 Å². The van der Waals surface area contributed by atoms with Crippen molar-refractivity contribution in [2.45, 2.75) is 57.8 Å². The lowest BCUT2D eigenvalue weighted by Crippen LogP contribution is -2.44. The van der Waals surface area contributed by atoms with Gasteiger partial charge in [-0.25, -0.2) is 0 Å². The Hall–Kier alpha value is -0.123. The van der Waals surface area contributed by atoms with Crippen LogP contribution in [0.3, 0.4) is 0 Å². The molecule has 0 spiro atoms. The molecule has 0 aliphatic heterocycles. The molecule has 1 atom stereocenters. The summed E-state index contributed by atoms with van der Waals surface area (Å²) in [6.45, 7) is 15.1. The lowest BCUT2D eigenvalue weighted by Gasteiger charge is -2.39. The molecular formula is C12H26O2Si. The van der Waals surface area contributed by atoms with E-state index in [1.165, 1.54) is 0 Å². The highest BCUT2D eigenvalue weighted by atomic mass is 28.4. The summed E-state index contributed by atoms with van der Waals surface area (Å²) in [5.41, 5.74) is 0. The van der Waals surface area contributed by atoms with Gasteiger partial charge in [0, 0.05) is 6.61 Å². The molecule has 90 valence electrons. The highest BCUT2D eigenvalue weighted by molar-refractivity contribution is 6.74. The van der Waals surface area contributed by atoms with E-state index >= 15 is 0 Å². The summed E-state index contributed by atoms with van der Waals surface area (Å²) in [6, 6.07) is 0. The molecule has 1 unspecified atom stereocenters. The van der Waals surface area contributed by atoms with Crippen molar-refractivity contribution < 1.29 is 9.53 Å². The third-order valence-electron chi connectivity index (χ3n) is 3.15. The van der Waals surface area contributed by atoms with Crippen molar-refractivity contribution in [2.24, 2.45) is 0 Å². The Balaban J connectivity index is 4.43. The highest BCUT2D eigenvalue weighted by Gasteiger charge is 2.38. The van der Waals surface area contributed by atoms with Crippen LogP contribution in [-0.4, -0.2) is 26.1 Å². The summed E-state index contributed by atoms with van der Waals surface area (Å²) in [6.07, 6.45) is 3.53. The van der Waals surface area contributed by atoms with Crippen LogP contribution in [0.25, 0.3) is 0 Å². The molecule has 0 aliphatic carbocycles. The van der Waals surface area contributed by atoms with E-state index in [0.29, 0.717) is 6.42 Å². The van der Waals surface area contributed by atoms with Crippen LogP contribution < -0.4 is 0 Å². The van der Waals surface area contributed by atoms with E-state index in [1.54, 1.807) is 0 Å². The van der Waals surface area contributed by atoms with Crippen LogP contribution in [0, 0.1) is 0 Å². The fourth-order valence-corrected chi connectivity index (χ4v) is 2.55. The summed E-state index contributed by atoms with van der Waals surface area (Å²) >= 11 is 0. The van der Waals surface area contributed by atoms with E-state index in [9.17, 15) is 0 Å². The molecule has 0 bridgehead atoms. The number of aliphatic hydroxyl groups is 1. The lowest BCUT2D eigenvalue weighted by atomic mass is 10.2. The summed E-state index contributed by atoms with van der Waals surface area (Å²) in [4.78, 5) is 0. The minimum absolute atomic E-state index is 0.133. The molecule has 0 aromatic rings. The van der Waals surface area contributed by atoms with Gasteiger partial charge in [0.1, 0.15) is 0 Å². The van der Waals surface area contributed by atoms with Crippen LogP contribution in [0.15, 0.2) is 12.7 Å². The Kier molecular flexibility index (Phi) is 5.78. The Bertz CT molecular complexity index is 194. The van der Waals surface area contributed by atoms with Gasteiger partial charge in [-0.05, 0) is 31.0 Å². The fourth-order valence-electron chi connectivity index (χ4n) is 1.15. The van der Waals surface area contributed by atoms with E-state index in [4.69, 9.17) is 9.53 Å². The van der Waals surface area contributed by atoms with Gasteiger partial charge in [0.05, 0.1) is 6.10 Å². The Labute approximate surface area is 95.5 Å². The molecule has 0 aromatic carbocycles. The lowest BCUT2D eigenvalue weighted by molar-refractivity contribution is 0.142. The number of hydrogen-bond donors (Lipinski definition) is 1. The average Bonchev–Trinajstić information content (AvgIpc) is 2.02.